The lowest BCUT2D eigenvalue weighted by Crippen LogP contribution is -2.18. The third-order valence-electron chi connectivity index (χ3n) is 3.92. The molecule has 2 aromatic carbocycles. The first kappa shape index (κ1) is 15.2. The number of hydrogen-bond acceptors (Lipinski definition) is 2. The minimum absolute atomic E-state index is 0.204. The molecule has 0 amide bonds. The summed E-state index contributed by atoms with van der Waals surface area (Å²) in [5.74, 6) is -0.700. The van der Waals surface area contributed by atoms with Crippen molar-refractivity contribution in [2.75, 3.05) is 13.1 Å². The summed E-state index contributed by atoms with van der Waals surface area (Å²) < 4.78 is 13.4. The summed E-state index contributed by atoms with van der Waals surface area (Å²) in [4.78, 5) is 14.9. The third-order valence-corrected chi connectivity index (χ3v) is 4.14. The maximum atomic E-state index is 13.4. The van der Waals surface area contributed by atoms with Crippen molar-refractivity contribution < 1.29 is 9.18 Å². The lowest BCUT2D eigenvalue weighted by Gasteiger charge is -2.15. The van der Waals surface area contributed by atoms with Crippen LogP contribution in [0.2, 0.25) is 5.02 Å². The van der Waals surface area contributed by atoms with Crippen LogP contribution in [0.3, 0.4) is 0 Å². The number of halogens is 2. The maximum absolute atomic E-state index is 13.4. The van der Waals surface area contributed by atoms with Gasteiger partial charge in [-0.3, -0.25) is 9.69 Å². The van der Waals surface area contributed by atoms with Gasteiger partial charge < -0.3 is 0 Å². The van der Waals surface area contributed by atoms with Crippen molar-refractivity contribution in [3.05, 3.63) is 70.0 Å². The molecular formula is C18H17ClFNO. The van der Waals surface area contributed by atoms with Gasteiger partial charge in [-0.15, -0.1) is 0 Å². The number of nitrogens with zero attached hydrogens (tertiary/aromatic N) is 1. The van der Waals surface area contributed by atoms with Gasteiger partial charge in [0.05, 0.1) is 0 Å². The molecule has 1 saturated heterocycles. The van der Waals surface area contributed by atoms with Gasteiger partial charge in [0.2, 0.25) is 0 Å². The van der Waals surface area contributed by atoms with Gasteiger partial charge in [0, 0.05) is 22.7 Å². The predicted molar refractivity (Wildman–Crippen MR) is 85.8 cm³/mol. The highest BCUT2D eigenvalue weighted by Crippen LogP contribution is 2.19. The number of ketones is 1. The van der Waals surface area contributed by atoms with Crippen LogP contribution in [0, 0.1) is 5.82 Å². The van der Waals surface area contributed by atoms with Crippen LogP contribution in [-0.2, 0) is 6.54 Å². The molecular weight excluding hydrogens is 301 g/mol. The van der Waals surface area contributed by atoms with Crippen LogP contribution < -0.4 is 0 Å². The molecule has 1 fully saturated rings. The van der Waals surface area contributed by atoms with Crippen molar-refractivity contribution in [2.24, 2.45) is 0 Å². The second kappa shape index (κ2) is 6.59. The number of hydrogen-bond donors (Lipinski definition) is 0. The van der Waals surface area contributed by atoms with Crippen LogP contribution in [0.15, 0.2) is 42.5 Å². The Morgan fingerprint density at radius 2 is 1.86 bits per heavy atom. The van der Waals surface area contributed by atoms with Gasteiger partial charge in [0.1, 0.15) is 5.82 Å². The Morgan fingerprint density at radius 3 is 2.59 bits per heavy atom. The number of carbonyl (C=O) groups is 1. The molecule has 4 heteroatoms. The number of benzene rings is 2. The second-order valence-electron chi connectivity index (χ2n) is 5.67. The van der Waals surface area contributed by atoms with Crippen molar-refractivity contribution in [2.45, 2.75) is 19.4 Å². The van der Waals surface area contributed by atoms with E-state index in [-0.39, 0.29) is 16.4 Å². The molecule has 2 nitrogen and oxygen atoms in total. The van der Waals surface area contributed by atoms with E-state index in [0.717, 1.165) is 25.2 Å². The van der Waals surface area contributed by atoms with Gasteiger partial charge in [-0.25, -0.2) is 4.39 Å². The van der Waals surface area contributed by atoms with Crippen molar-refractivity contribution in [3.63, 3.8) is 0 Å². The maximum Gasteiger partial charge on any atom is 0.193 e. The van der Waals surface area contributed by atoms with Crippen LogP contribution in [0.25, 0.3) is 0 Å². The number of carbonyl (C=O) groups excluding carboxylic acids is 1. The number of rotatable bonds is 4. The fourth-order valence-electron chi connectivity index (χ4n) is 2.86. The first-order chi connectivity index (χ1) is 10.6. The number of likely N-dealkylation sites (tertiary alicyclic amines) is 1. The Morgan fingerprint density at radius 1 is 1.09 bits per heavy atom. The monoisotopic (exact) mass is 317 g/mol. The standard InChI is InChI=1S/C18H17ClFNO/c19-16-9-15(10-17(20)11-16)18(22)14-5-3-4-13(8-14)12-21-6-1-2-7-21/h3-5,8-11H,1-2,6-7,12H2. The van der Waals surface area contributed by atoms with Gasteiger partial charge in [-0.2, -0.15) is 0 Å². The van der Waals surface area contributed by atoms with Crippen molar-refractivity contribution in [3.8, 4) is 0 Å². The summed E-state index contributed by atoms with van der Waals surface area (Å²) in [5, 5.41) is 0.233. The topological polar surface area (TPSA) is 20.3 Å². The average Bonchev–Trinajstić information content (AvgIpc) is 2.98. The first-order valence-electron chi connectivity index (χ1n) is 7.44. The lowest BCUT2D eigenvalue weighted by molar-refractivity contribution is 0.103. The fraction of sp³-hybridized carbons (Fsp3) is 0.278. The highest BCUT2D eigenvalue weighted by Gasteiger charge is 2.14. The van der Waals surface area contributed by atoms with E-state index in [4.69, 9.17) is 11.6 Å². The van der Waals surface area contributed by atoms with Crippen LogP contribution in [0.1, 0.15) is 34.3 Å². The SMILES string of the molecule is O=C(c1cc(F)cc(Cl)c1)c1cccc(CN2CCCC2)c1. The van der Waals surface area contributed by atoms with E-state index in [1.54, 1.807) is 6.07 Å². The van der Waals surface area contributed by atoms with E-state index in [0.29, 0.717) is 5.56 Å². The third kappa shape index (κ3) is 3.54. The van der Waals surface area contributed by atoms with Gasteiger partial charge in [0.25, 0.3) is 0 Å². The van der Waals surface area contributed by atoms with E-state index >= 15 is 0 Å². The van der Waals surface area contributed by atoms with E-state index in [1.165, 1.54) is 31.0 Å². The van der Waals surface area contributed by atoms with E-state index in [1.807, 2.05) is 18.2 Å². The normalized spacial score (nSPS) is 15.2. The summed E-state index contributed by atoms with van der Waals surface area (Å²) in [6.07, 6.45) is 2.47. The van der Waals surface area contributed by atoms with Crippen molar-refractivity contribution in [1.82, 2.24) is 4.90 Å². The van der Waals surface area contributed by atoms with Gasteiger partial charge in [0.15, 0.2) is 5.78 Å². The predicted octanol–water partition coefficient (Wildman–Crippen LogP) is 4.31. The Hall–Kier alpha value is -1.71. The molecule has 0 aliphatic carbocycles. The Kier molecular flexibility index (Phi) is 4.55. The van der Waals surface area contributed by atoms with Crippen LogP contribution in [0.4, 0.5) is 4.39 Å². The Labute approximate surface area is 134 Å². The molecule has 22 heavy (non-hydrogen) atoms. The minimum Gasteiger partial charge on any atom is -0.299 e. The molecule has 0 atom stereocenters. The lowest BCUT2D eigenvalue weighted by atomic mass is 10.0. The highest BCUT2D eigenvalue weighted by atomic mass is 35.5. The summed E-state index contributed by atoms with van der Waals surface area (Å²) in [6, 6.07) is 11.5. The largest absolute Gasteiger partial charge is 0.299 e. The van der Waals surface area contributed by atoms with Crippen molar-refractivity contribution >= 4 is 17.4 Å². The van der Waals surface area contributed by atoms with Crippen LogP contribution >= 0.6 is 11.6 Å². The van der Waals surface area contributed by atoms with E-state index in [9.17, 15) is 9.18 Å². The Balaban J connectivity index is 1.82. The first-order valence-corrected chi connectivity index (χ1v) is 7.82. The summed E-state index contributed by atoms with van der Waals surface area (Å²) >= 11 is 5.83. The van der Waals surface area contributed by atoms with Gasteiger partial charge in [-0.1, -0.05) is 29.8 Å². The average molecular weight is 318 g/mol. The van der Waals surface area contributed by atoms with Gasteiger partial charge in [-0.05, 0) is 55.8 Å². The summed E-state index contributed by atoms with van der Waals surface area (Å²) in [6.45, 7) is 3.07. The smallest absolute Gasteiger partial charge is 0.193 e. The molecule has 0 unspecified atom stereocenters. The van der Waals surface area contributed by atoms with E-state index in [2.05, 4.69) is 4.90 Å². The zero-order valence-corrected chi connectivity index (χ0v) is 12.9. The molecule has 0 radical (unpaired) electrons. The summed E-state index contributed by atoms with van der Waals surface area (Å²) in [5.41, 5.74) is 1.96. The zero-order valence-electron chi connectivity index (χ0n) is 12.2. The second-order valence-corrected chi connectivity index (χ2v) is 6.11. The minimum atomic E-state index is -0.496. The molecule has 0 spiro atoms. The molecule has 0 aromatic heterocycles. The Bertz CT molecular complexity index is 675. The quantitative estimate of drug-likeness (QED) is 0.783. The van der Waals surface area contributed by atoms with E-state index < -0.39 is 5.82 Å². The molecule has 0 saturated carbocycles. The van der Waals surface area contributed by atoms with Crippen LogP contribution in [0.5, 0.6) is 0 Å². The fourth-order valence-corrected chi connectivity index (χ4v) is 3.08. The molecule has 3 rings (SSSR count). The zero-order chi connectivity index (χ0) is 15.5. The van der Waals surface area contributed by atoms with Crippen LogP contribution in [-0.4, -0.2) is 23.8 Å². The molecule has 0 bridgehead atoms. The molecule has 2 aromatic rings. The van der Waals surface area contributed by atoms with Crippen molar-refractivity contribution in [1.29, 1.82) is 0 Å². The molecule has 0 N–H and O–H groups in total. The highest BCUT2D eigenvalue weighted by molar-refractivity contribution is 6.31. The molecule has 1 aliphatic heterocycles. The molecule has 1 aliphatic rings. The summed E-state index contributed by atoms with van der Waals surface area (Å²) in [7, 11) is 0. The van der Waals surface area contributed by atoms with Gasteiger partial charge >= 0.3 is 0 Å². The molecule has 1 heterocycles. The molecule has 114 valence electrons.